The SMILES string of the molecule is CCCCCCC(C)NC(=NC)NCC1(C)COC1.I. The molecule has 0 aromatic heterocycles. The molecule has 0 bridgehead atoms. The maximum Gasteiger partial charge on any atom is 0.191 e. The molecule has 2 N–H and O–H groups in total. The molecule has 1 unspecified atom stereocenters. The van der Waals surface area contributed by atoms with Crippen molar-refractivity contribution in [3.8, 4) is 0 Å². The standard InChI is InChI=1S/C15H31N3O.HI/c1-5-6-7-8-9-13(2)18-14(16-4)17-10-15(3)11-19-12-15;/h13H,5-12H2,1-4H3,(H2,16,17,18);1H. The Morgan fingerprint density at radius 3 is 2.50 bits per heavy atom. The first-order valence-corrected chi connectivity index (χ1v) is 7.64. The van der Waals surface area contributed by atoms with E-state index in [4.69, 9.17) is 4.74 Å². The van der Waals surface area contributed by atoms with Gasteiger partial charge in [-0.3, -0.25) is 4.99 Å². The van der Waals surface area contributed by atoms with Crippen LogP contribution in [0.3, 0.4) is 0 Å². The van der Waals surface area contributed by atoms with Gasteiger partial charge in [0.1, 0.15) is 0 Å². The zero-order valence-electron chi connectivity index (χ0n) is 13.5. The molecule has 1 heterocycles. The van der Waals surface area contributed by atoms with Crippen LogP contribution in [0.25, 0.3) is 0 Å². The molecule has 4 nitrogen and oxygen atoms in total. The van der Waals surface area contributed by atoms with Gasteiger partial charge < -0.3 is 15.4 Å². The topological polar surface area (TPSA) is 45.7 Å². The third kappa shape index (κ3) is 7.67. The van der Waals surface area contributed by atoms with Crippen LogP contribution in [0.2, 0.25) is 0 Å². The van der Waals surface area contributed by atoms with E-state index < -0.39 is 0 Å². The maximum absolute atomic E-state index is 5.26. The molecule has 0 spiro atoms. The molecule has 0 radical (unpaired) electrons. The third-order valence-corrected chi connectivity index (χ3v) is 3.68. The normalized spacial score (nSPS) is 18.7. The number of rotatable bonds is 8. The number of ether oxygens (including phenoxy) is 1. The lowest BCUT2D eigenvalue weighted by atomic mass is 9.89. The molecule has 1 aliphatic heterocycles. The summed E-state index contributed by atoms with van der Waals surface area (Å²) < 4.78 is 5.26. The molecule has 120 valence electrons. The molecule has 1 saturated heterocycles. The molecular formula is C15H32IN3O. The largest absolute Gasteiger partial charge is 0.380 e. The Hall–Kier alpha value is -0.0400. The van der Waals surface area contributed by atoms with E-state index in [-0.39, 0.29) is 29.4 Å². The number of aliphatic imine (C=N–C) groups is 1. The van der Waals surface area contributed by atoms with Gasteiger partial charge in [-0.05, 0) is 13.3 Å². The highest BCUT2D eigenvalue weighted by Gasteiger charge is 2.33. The van der Waals surface area contributed by atoms with Crippen LogP contribution in [0.5, 0.6) is 0 Å². The molecule has 0 aromatic carbocycles. The first-order chi connectivity index (χ1) is 9.09. The first-order valence-electron chi connectivity index (χ1n) is 7.64. The van der Waals surface area contributed by atoms with Crippen LogP contribution in [0.4, 0.5) is 0 Å². The second-order valence-corrected chi connectivity index (χ2v) is 6.12. The van der Waals surface area contributed by atoms with Crippen LogP contribution in [0, 0.1) is 5.41 Å². The van der Waals surface area contributed by atoms with Crippen LogP contribution in [0.15, 0.2) is 4.99 Å². The minimum absolute atomic E-state index is 0. The number of nitrogens with one attached hydrogen (secondary N) is 2. The fourth-order valence-electron chi connectivity index (χ4n) is 2.23. The lowest BCUT2D eigenvalue weighted by Gasteiger charge is -2.38. The summed E-state index contributed by atoms with van der Waals surface area (Å²) in [6.45, 7) is 9.35. The second-order valence-electron chi connectivity index (χ2n) is 6.12. The van der Waals surface area contributed by atoms with Crippen LogP contribution in [-0.2, 0) is 4.74 Å². The number of hydrogen-bond donors (Lipinski definition) is 2. The molecule has 1 aliphatic rings. The summed E-state index contributed by atoms with van der Waals surface area (Å²) in [5.41, 5.74) is 0.280. The van der Waals surface area contributed by atoms with E-state index >= 15 is 0 Å². The zero-order valence-corrected chi connectivity index (χ0v) is 15.8. The number of guanidine groups is 1. The fourth-order valence-corrected chi connectivity index (χ4v) is 2.23. The van der Waals surface area contributed by atoms with Gasteiger partial charge in [0, 0.05) is 25.0 Å². The predicted octanol–water partition coefficient (Wildman–Crippen LogP) is 3.16. The Kier molecular flexibility index (Phi) is 10.6. The van der Waals surface area contributed by atoms with Crippen molar-refractivity contribution in [2.45, 2.75) is 58.9 Å². The van der Waals surface area contributed by atoms with E-state index in [1.807, 2.05) is 7.05 Å². The number of unbranched alkanes of at least 4 members (excludes halogenated alkanes) is 3. The van der Waals surface area contributed by atoms with Crippen molar-refractivity contribution in [3.05, 3.63) is 0 Å². The highest BCUT2D eigenvalue weighted by atomic mass is 127. The minimum atomic E-state index is 0. The number of hydrogen-bond acceptors (Lipinski definition) is 2. The van der Waals surface area contributed by atoms with Crippen molar-refractivity contribution in [2.24, 2.45) is 10.4 Å². The molecule has 1 rings (SSSR count). The lowest BCUT2D eigenvalue weighted by molar-refractivity contribution is -0.0971. The second kappa shape index (κ2) is 10.7. The molecule has 1 atom stereocenters. The average Bonchev–Trinajstić information content (AvgIpc) is 2.37. The van der Waals surface area contributed by atoms with Gasteiger partial charge in [-0.1, -0.05) is 39.5 Å². The van der Waals surface area contributed by atoms with E-state index in [9.17, 15) is 0 Å². The quantitative estimate of drug-likeness (QED) is 0.286. The summed E-state index contributed by atoms with van der Waals surface area (Å²) in [7, 11) is 1.83. The molecule has 5 heteroatoms. The molecule has 0 saturated carbocycles. The van der Waals surface area contributed by atoms with E-state index in [0.29, 0.717) is 6.04 Å². The van der Waals surface area contributed by atoms with Crippen LogP contribution in [0.1, 0.15) is 52.9 Å². The van der Waals surface area contributed by atoms with Gasteiger partial charge in [0.25, 0.3) is 0 Å². The lowest BCUT2D eigenvalue weighted by Crippen LogP contribution is -2.52. The Bertz CT molecular complexity index is 280. The van der Waals surface area contributed by atoms with Crippen LogP contribution < -0.4 is 10.6 Å². The Morgan fingerprint density at radius 2 is 2.00 bits per heavy atom. The Labute approximate surface area is 141 Å². The zero-order chi connectivity index (χ0) is 14.1. The Morgan fingerprint density at radius 1 is 1.30 bits per heavy atom. The predicted molar refractivity (Wildman–Crippen MR) is 97.1 cm³/mol. The summed E-state index contributed by atoms with van der Waals surface area (Å²) in [6.07, 6.45) is 6.49. The van der Waals surface area contributed by atoms with Crippen LogP contribution in [-0.4, -0.2) is 38.8 Å². The van der Waals surface area contributed by atoms with Crippen molar-refractivity contribution in [1.82, 2.24) is 10.6 Å². The van der Waals surface area contributed by atoms with E-state index in [1.54, 1.807) is 0 Å². The molecule has 0 aromatic rings. The number of nitrogens with zero attached hydrogens (tertiary/aromatic N) is 1. The third-order valence-electron chi connectivity index (χ3n) is 3.68. The monoisotopic (exact) mass is 397 g/mol. The smallest absolute Gasteiger partial charge is 0.191 e. The summed E-state index contributed by atoms with van der Waals surface area (Å²) in [4.78, 5) is 4.29. The first kappa shape index (κ1) is 20.0. The molecule has 0 aliphatic carbocycles. The molecule has 1 fully saturated rings. The van der Waals surface area contributed by atoms with E-state index in [2.05, 4.69) is 36.4 Å². The van der Waals surface area contributed by atoms with E-state index in [1.165, 1.54) is 32.1 Å². The van der Waals surface area contributed by atoms with Crippen molar-refractivity contribution >= 4 is 29.9 Å². The van der Waals surface area contributed by atoms with E-state index in [0.717, 1.165) is 25.7 Å². The summed E-state index contributed by atoms with van der Waals surface area (Å²) in [5, 5.41) is 6.87. The van der Waals surface area contributed by atoms with Crippen molar-refractivity contribution < 1.29 is 4.74 Å². The van der Waals surface area contributed by atoms with Gasteiger partial charge in [0.2, 0.25) is 0 Å². The highest BCUT2D eigenvalue weighted by molar-refractivity contribution is 14.0. The van der Waals surface area contributed by atoms with Crippen molar-refractivity contribution in [3.63, 3.8) is 0 Å². The minimum Gasteiger partial charge on any atom is -0.380 e. The molecular weight excluding hydrogens is 365 g/mol. The average molecular weight is 397 g/mol. The Balaban J connectivity index is 0.00000361. The summed E-state index contributed by atoms with van der Waals surface area (Å²) in [6, 6.07) is 0.480. The van der Waals surface area contributed by atoms with Gasteiger partial charge in [0.05, 0.1) is 13.2 Å². The van der Waals surface area contributed by atoms with Gasteiger partial charge in [-0.2, -0.15) is 0 Å². The highest BCUT2D eigenvalue weighted by Crippen LogP contribution is 2.24. The summed E-state index contributed by atoms with van der Waals surface area (Å²) in [5.74, 6) is 0.913. The fraction of sp³-hybridized carbons (Fsp3) is 0.933. The van der Waals surface area contributed by atoms with Crippen molar-refractivity contribution in [1.29, 1.82) is 0 Å². The maximum atomic E-state index is 5.26. The van der Waals surface area contributed by atoms with Gasteiger partial charge in [0.15, 0.2) is 5.96 Å². The van der Waals surface area contributed by atoms with Gasteiger partial charge >= 0.3 is 0 Å². The summed E-state index contributed by atoms with van der Waals surface area (Å²) >= 11 is 0. The van der Waals surface area contributed by atoms with Gasteiger partial charge in [-0.15, -0.1) is 24.0 Å². The van der Waals surface area contributed by atoms with Gasteiger partial charge in [-0.25, -0.2) is 0 Å². The molecule has 0 amide bonds. The molecule has 20 heavy (non-hydrogen) atoms. The number of halogens is 1. The van der Waals surface area contributed by atoms with Crippen molar-refractivity contribution in [2.75, 3.05) is 26.8 Å². The van der Waals surface area contributed by atoms with Crippen LogP contribution >= 0.6 is 24.0 Å².